The predicted octanol–water partition coefficient (Wildman–Crippen LogP) is 2.29. The molecule has 0 saturated heterocycles. The molecule has 2 aromatic heterocycles. The lowest BCUT2D eigenvalue weighted by Gasteiger charge is -2.03. The fourth-order valence-corrected chi connectivity index (χ4v) is 1.91. The average molecular weight is 237 g/mol. The van der Waals surface area contributed by atoms with Crippen LogP contribution in [0.3, 0.4) is 0 Å². The molecule has 0 saturated carbocycles. The van der Waals surface area contributed by atoms with Gasteiger partial charge in [0.2, 0.25) is 0 Å². The molecule has 0 aliphatic heterocycles. The molecular formula is C14H11N3O. The van der Waals surface area contributed by atoms with E-state index in [0.29, 0.717) is 5.69 Å². The van der Waals surface area contributed by atoms with E-state index in [9.17, 15) is 4.79 Å². The Morgan fingerprint density at radius 1 is 1.11 bits per heavy atom. The minimum Gasteiger partial charge on any atom is -0.313 e. The number of H-pyrrole nitrogens is 1. The lowest BCUT2D eigenvalue weighted by atomic mass is 10.1. The first kappa shape index (κ1) is 10.7. The quantitative estimate of drug-likeness (QED) is 0.706. The van der Waals surface area contributed by atoms with E-state index >= 15 is 0 Å². The van der Waals surface area contributed by atoms with E-state index in [4.69, 9.17) is 0 Å². The first-order valence-corrected chi connectivity index (χ1v) is 5.65. The summed E-state index contributed by atoms with van der Waals surface area (Å²) in [5.74, 6) is 0. The number of aromatic nitrogens is 3. The van der Waals surface area contributed by atoms with Crippen LogP contribution in [-0.2, 0) is 0 Å². The van der Waals surface area contributed by atoms with Gasteiger partial charge >= 0.3 is 0 Å². The molecule has 4 heteroatoms. The normalized spacial score (nSPS) is 10.7. The van der Waals surface area contributed by atoms with Crippen LogP contribution in [0.5, 0.6) is 0 Å². The first-order chi connectivity index (χ1) is 8.72. The van der Waals surface area contributed by atoms with Gasteiger partial charge < -0.3 is 4.98 Å². The maximum atomic E-state index is 11.3. The van der Waals surface area contributed by atoms with Gasteiger partial charge in [0.25, 0.3) is 5.56 Å². The number of nitrogens with one attached hydrogen (secondary N) is 1. The van der Waals surface area contributed by atoms with Crippen LogP contribution in [0.1, 0.15) is 5.69 Å². The second kappa shape index (κ2) is 4.07. The van der Waals surface area contributed by atoms with Crippen molar-refractivity contribution in [3.05, 3.63) is 58.8 Å². The molecule has 4 nitrogen and oxygen atoms in total. The van der Waals surface area contributed by atoms with Gasteiger partial charge in [-0.15, -0.1) is 0 Å². The first-order valence-electron chi connectivity index (χ1n) is 5.65. The van der Waals surface area contributed by atoms with Crippen LogP contribution in [-0.4, -0.2) is 15.0 Å². The number of aryl methyl sites for hydroxylation is 1. The molecule has 1 aromatic carbocycles. The molecule has 0 radical (unpaired) electrons. The minimum atomic E-state index is -0.151. The van der Waals surface area contributed by atoms with Crippen molar-refractivity contribution in [2.75, 3.05) is 0 Å². The third-order valence-corrected chi connectivity index (χ3v) is 2.80. The standard InChI is InChI=1S/C14H11N3O/c1-9-2-3-10-6-11(4-5-12(10)17-9)13-7-14(18)16-8-15-13/h2-8H,1H3,(H,15,16,18). The minimum absolute atomic E-state index is 0.151. The van der Waals surface area contributed by atoms with Crippen LogP contribution in [0, 0.1) is 6.92 Å². The second-order valence-corrected chi connectivity index (χ2v) is 4.16. The highest BCUT2D eigenvalue weighted by Gasteiger charge is 2.02. The topological polar surface area (TPSA) is 58.6 Å². The van der Waals surface area contributed by atoms with Gasteiger partial charge in [-0.05, 0) is 25.1 Å². The third kappa shape index (κ3) is 1.88. The summed E-state index contributed by atoms with van der Waals surface area (Å²) in [5.41, 5.74) is 3.37. The van der Waals surface area contributed by atoms with Gasteiger partial charge in [-0.25, -0.2) is 4.98 Å². The summed E-state index contributed by atoms with van der Waals surface area (Å²) in [6.45, 7) is 1.96. The molecule has 18 heavy (non-hydrogen) atoms. The monoisotopic (exact) mass is 237 g/mol. The zero-order chi connectivity index (χ0) is 12.5. The molecule has 1 N–H and O–H groups in total. The lowest BCUT2D eigenvalue weighted by molar-refractivity contribution is 1.12. The smallest absolute Gasteiger partial charge is 0.251 e. The van der Waals surface area contributed by atoms with Gasteiger partial charge in [0.15, 0.2) is 0 Å². The van der Waals surface area contributed by atoms with Gasteiger partial charge in [-0.3, -0.25) is 9.78 Å². The number of hydrogen-bond acceptors (Lipinski definition) is 3. The summed E-state index contributed by atoms with van der Waals surface area (Å²) < 4.78 is 0. The van der Waals surface area contributed by atoms with Crippen LogP contribution >= 0.6 is 0 Å². The maximum Gasteiger partial charge on any atom is 0.251 e. The molecular weight excluding hydrogens is 226 g/mol. The van der Waals surface area contributed by atoms with Gasteiger partial charge in [0.1, 0.15) is 0 Å². The molecule has 0 aliphatic rings. The molecule has 0 spiro atoms. The molecule has 0 aliphatic carbocycles. The van der Waals surface area contributed by atoms with Crippen molar-refractivity contribution in [3.8, 4) is 11.3 Å². The van der Waals surface area contributed by atoms with Crippen LogP contribution < -0.4 is 5.56 Å². The number of rotatable bonds is 1. The number of fused-ring (bicyclic) bond motifs is 1. The predicted molar refractivity (Wildman–Crippen MR) is 70.3 cm³/mol. The van der Waals surface area contributed by atoms with Gasteiger partial charge in [0.05, 0.1) is 17.5 Å². The molecule has 0 fully saturated rings. The zero-order valence-corrected chi connectivity index (χ0v) is 9.84. The average Bonchev–Trinajstić information content (AvgIpc) is 2.38. The number of hydrogen-bond donors (Lipinski definition) is 1. The van der Waals surface area contributed by atoms with E-state index in [-0.39, 0.29) is 5.56 Å². The third-order valence-electron chi connectivity index (χ3n) is 2.80. The number of aromatic amines is 1. The van der Waals surface area contributed by atoms with Crippen molar-refractivity contribution in [1.82, 2.24) is 15.0 Å². The molecule has 0 amide bonds. The number of benzene rings is 1. The molecule has 0 unspecified atom stereocenters. The molecule has 88 valence electrons. The maximum absolute atomic E-state index is 11.3. The Labute approximate surface area is 103 Å². The van der Waals surface area contributed by atoms with Gasteiger partial charge in [-0.1, -0.05) is 12.1 Å². The van der Waals surface area contributed by atoms with E-state index in [0.717, 1.165) is 22.2 Å². The zero-order valence-electron chi connectivity index (χ0n) is 9.84. The molecule has 0 bridgehead atoms. The SMILES string of the molecule is Cc1ccc2cc(-c3cc(=O)[nH]cn3)ccc2n1. The van der Waals surface area contributed by atoms with E-state index in [1.165, 1.54) is 12.4 Å². The Hall–Kier alpha value is -2.49. The Balaban J connectivity index is 2.19. The Morgan fingerprint density at radius 3 is 2.83 bits per heavy atom. The lowest BCUT2D eigenvalue weighted by Crippen LogP contribution is -2.04. The highest BCUT2D eigenvalue weighted by Crippen LogP contribution is 2.21. The Kier molecular flexibility index (Phi) is 2.41. The summed E-state index contributed by atoms with van der Waals surface area (Å²) in [6, 6.07) is 11.3. The van der Waals surface area contributed by atoms with Gasteiger partial charge in [0, 0.05) is 22.7 Å². The van der Waals surface area contributed by atoms with E-state index in [1.54, 1.807) is 0 Å². The van der Waals surface area contributed by atoms with E-state index < -0.39 is 0 Å². The summed E-state index contributed by atoms with van der Waals surface area (Å²) in [7, 11) is 0. The Bertz CT molecular complexity index is 777. The Morgan fingerprint density at radius 2 is 2.00 bits per heavy atom. The second-order valence-electron chi connectivity index (χ2n) is 4.16. The summed E-state index contributed by atoms with van der Waals surface area (Å²) >= 11 is 0. The van der Waals surface area contributed by atoms with Crippen molar-refractivity contribution < 1.29 is 0 Å². The highest BCUT2D eigenvalue weighted by molar-refractivity contribution is 5.83. The van der Waals surface area contributed by atoms with Crippen molar-refractivity contribution >= 4 is 10.9 Å². The fourth-order valence-electron chi connectivity index (χ4n) is 1.91. The summed E-state index contributed by atoms with van der Waals surface area (Å²) in [4.78, 5) is 22.4. The van der Waals surface area contributed by atoms with E-state index in [2.05, 4.69) is 15.0 Å². The van der Waals surface area contributed by atoms with Crippen molar-refractivity contribution in [2.45, 2.75) is 6.92 Å². The molecule has 3 rings (SSSR count). The van der Waals surface area contributed by atoms with E-state index in [1.807, 2.05) is 37.3 Å². The van der Waals surface area contributed by atoms with Crippen LogP contribution in [0.15, 0.2) is 47.5 Å². The molecule has 3 aromatic rings. The molecule has 0 atom stereocenters. The number of pyridine rings is 1. The largest absolute Gasteiger partial charge is 0.313 e. The van der Waals surface area contributed by atoms with Crippen LogP contribution in [0.25, 0.3) is 22.2 Å². The van der Waals surface area contributed by atoms with Crippen molar-refractivity contribution in [2.24, 2.45) is 0 Å². The van der Waals surface area contributed by atoms with Crippen LogP contribution in [0.4, 0.5) is 0 Å². The van der Waals surface area contributed by atoms with Crippen molar-refractivity contribution in [3.63, 3.8) is 0 Å². The van der Waals surface area contributed by atoms with Crippen molar-refractivity contribution in [1.29, 1.82) is 0 Å². The number of nitrogens with zero attached hydrogens (tertiary/aromatic N) is 2. The van der Waals surface area contributed by atoms with Crippen LogP contribution in [0.2, 0.25) is 0 Å². The molecule has 2 heterocycles. The summed E-state index contributed by atoms with van der Waals surface area (Å²) in [5, 5.41) is 1.04. The fraction of sp³-hybridized carbons (Fsp3) is 0.0714. The highest BCUT2D eigenvalue weighted by atomic mass is 16.1. The van der Waals surface area contributed by atoms with Gasteiger partial charge in [-0.2, -0.15) is 0 Å². The summed E-state index contributed by atoms with van der Waals surface area (Å²) in [6.07, 6.45) is 1.41.